The lowest BCUT2D eigenvalue weighted by atomic mass is 10.1. The molecule has 0 atom stereocenters. The van der Waals surface area contributed by atoms with Crippen LogP contribution in [0.25, 0.3) is 11.3 Å². The van der Waals surface area contributed by atoms with Crippen LogP contribution in [0.2, 0.25) is 0 Å². The molecule has 86 valence electrons. The summed E-state index contributed by atoms with van der Waals surface area (Å²) in [4.78, 5) is 15.0. The largest absolute Gasteiger partial charge is 0.494 e. The molecule has 0 aliphatic heterocycles. The van der Waals surface area contributed by atoms with Gasteiger partial charge in [-0.05, 0) is 6.07 Å². The topological polar surface area (TPSA) is 59.4 Å². The molecule has 1 aromatic carbocycles. The molecule has 0 fully saturated rings. The van der Waals surface area contributed by atoms with Crippen molar-refractivity contribution in [3.05, 3.63) is 48.2 Å². The first-order chi connectivity index (χ1) is 8.22. The number of nitrogens with zero attached hydrogens (tertiary/aromatic N) is 1. The highest BCUT2D eigenvalue weighted by atomic mass is 16.5. The Morgan fingerprint density at radius 3 is 2.59 bits per heavy atom. The fraction of sp³-hybridized carbons (Fsp3) is 0.0769. The number of hydrogen-bond donors (Lipinski definition) is 1. The third-order valence-electron chi connectivity index (χ3n) is 2.37. The van der Waals surface area contributed by atoms with E-state index in [1.807, 2.05) is 30.3 Å². The van der Waals surface area contributed by atoms with E-state index < -0.39 is 5.97 Å². The van der Waals surface area contributed by atoms with E-state index in [-0.39, 0.29) is 5.56 Å². The Balaban J connectivity index is 2.52. The van der Waals surface area contributed by atoms with Crippen LogP contribution < -0.4 is 4.74 Å². The van der Waals surface area contributed by atoms with E-state index in [1.165, 1.54) is 19.4 Å². The van der Waals surface area contributed by atoms with Gasteiger partial charge in [0.25, 0.3) is 0 Å². The number of hydrogen-bond acceptors (Lipinski definition) is 3. The van der Waals surface area contributed by atoms with Gasteiger partial charge in [0, 0.05) is 11.8 Å². The Morgan fingerprint density at radius 1 is 1.29 bits per heavy atom. The van der Waals surface area contributed by atoms with Crippen LogP contribution in [0.3, 0.4) is 0 Å². The molecular weight excluding hydrogens is 218 g/mol. The van der Waals surface area contributed by atoms with Crippen molar-refractivity contribution < 1.29 is 14.6 Å². The van der Waals surface area contributed by atoms with Gasteiger partial charge in [0.05, 0.1) is 12.7 Å². The number of pyridine rings is 1. The fourth-order valence-electron chi connectivity index (χ4n) is 1.53. The first kappa shape index (κ1) is 11.1. The zero-order chi connectivity index (χ0) is 12.3. The van der Waals surface area contributed by atoms with Crippen LogP contribution in [0, 0.1) is 0 Å². The van der Waals surface area contributed by atoms with Crippen LogP contribution in [0.4, 0.5) is 0 Å². The first-order valence-electron chi connectivity index (χ1n) is 5.05. The normalized spacial score (nSPS) is 9.94. The Hall–Kier alpha value is -2.36. The minimum absolute atomic E-state index is 0.113. The second-order valence-corrected chi connectivity index (χ2v) is 3.45. The SMILES string of the molecule is COc1cc(C(=O)O)cnc1-c1ccccc1. The third-order valence-corrected chi connectivity index (χ3v) is 2.37. The maximum Gasteiger partial charge on any atom is 0.337 e. The van der Waals surface area contributed by atoms with Gasteiger partial charge in [0.15, 0.2) is 0 Å². The average molecular weight is 229 g/mol. The standard InChI is InChI=1S/C13H11NO3/c1-17-11-7-10(13(15)16)8-14-12(11)9-5-3-2-4-6-9/h2-8H,1H3,(H,15,16). The van der Waals surface area contributed by atoms with Crippen LogP contribution in [-0.4, -0.2) is 23.2 Å². The van der Waals surface area contributed by atoms with Crippen LogP contribution >= 0.6 is 0 Å². The molecule has 0 unspecified atom stereocenters. The molecular formula is C13H11NO3. The van der Waals surface area contributed by atoms with Crippen molar-refractivity contribution in [1.82, 2.24) is 4.98 Å². The average Bonchev–Trinajstić information content (AvgIpc) is 2.39. The number of aromatic carboxylic acids is 1. The van der Waals surface area contributed by atoms with E-state index in [0.29, 0.717) is 11.4 Å². The molecule has 2 rings (SSSR count). The highest BCUT2D eigenvalue weighted by molar-refractivity contribution is 5.88. The molecule has 0 aliphatic carbocycles. The lowest BCUT2D eigenvalue weighted by Gasteiger charge is -2.08. The van der Waals surface area contributed by atoms with Gasteiger partial charge in [-0.1, -0.05) is 30.3 Å². The van der Waals surface area contributed by atoms with Crippen molar-refractivity contribution in [2.45, 2.75) is 0 Å². The maximum atomic E-state index is 10.8. The molecule has 2 aromatic rings. The molecule has 0 saturated heterocycles. The zero-order valence-corrected chi connectivity index (χ0v) is 9.25. The van der Waals surface area contributed by atoms with Gasteiger partial charge in [-0.15, -0.1) is 0 Å². The van der Waals surface area contributed by atoms with E-state index in [9.17, 15) is 4.79 Å². The van der Waals surface area contributed by atoms with Crippen LogP contribution in [0.1, 0.15) is 10.4 Å². The summed E-state index contributed by atoms with van der Waals surface area (Å²) in [5, 5.41) is 8.87. The quantitative estimate of drug-likeness (QED) is 0.878. The number of rotatable bonds is 3. The summed E-state index contributed by atoms with van der Waals surface area (Å²) >= 11 is 0. The van der Waals surface area contributed by atoms with Crippen LogP contribution in [0.5, 0.6) is 5.75 Å². The number of aromatic nitrogens is 1. The highest BCUT2D eigenvalue weighted by Crippen LogP contribution is 2.28. The first-order valence-corrected chi connectivity index (χ1v) is 5.05. The Kier molecular flexibility index (Phi) is 3.05. The Morgan fingerprint density at radius 2 is 2.00 bits per heavy atom. The summed E-state index contributed by atoms with van der Waals surface area (Å²) in [5.74, 6) is -0.563. The third kappa shape index (κ3) is 2.25. The van der Waals surface area contributed by atoms with Crippen molar-refractivity contribution in [2.24, 2.45) is 0 Å². The van der Waals surface area contributed by atoms with Gasteiger partial charge in [-0.2, -0.15) is 0 Å². The molecule has 0 aliphatic rings. The van der Waals surface area contributed by atoms with Gasteiger partial charge < -0.3 is 9.84 Å². The van der Waals surface area contributed by atoms with Crippen molar-refractivity contribution in [3.8, 4) is 17.0 Å². The molecule has 17 heavy (non-hydrogen) atoms. The minimum Gasteiger partial charge on any atom is -0.494 e. The summed E-state index contributed by atoms with van der Waals surface area (Å²) in [6.07, 6.45) is 1.33. The van der Waals surface area contributed by atoms with Gasteiger partial charge in [-0.25, -0.2) is 4.79 Å². The summed E-state index contributed by atoms with van der Waals surface area (Å²) in [6, 6.07) is 10.9. The number of carboxylic acid groups (broad SMARTS) is 1. The van der Waals surface area contributed by atoms with Crippen LogP contribution in [-0.2, 0) is 0 Å². The van der Waals surface area contributed by atoms with Gasteiger partial charge in [0.2, 0.25) is 0 Å². The molecule has 4 nitrogen and oxygen atoms in total. The van der Waals surface area contributed by atoms with Crippen molar-refractivity contribution in [3.63, 3.8) is 0 Å². The molecule has 0 spiro atoms. The number of carbonyl (C=O) groups is 1. The molecule has 4 heteroatoms. The van der Waals surface area contributed by atoms with E-state index in [2.05, 4.69) is 4.98 Å². The smallest absolute Gasteiger partial charge is 0.337 e. The molecule has 0 saturated carbocycles. The monoisotopic (exact) mass is 229 g/mol. The Bertz CT molecular complexity index is 538. The maximum absolute atomic E-state index is 10.8. The number of ether oxygens (including phenoxy) is 1. The fourth-order valence-corrected chi connectivity index (χ4v) is 1.53. The zero-order valence-electron chi connectivity index (χ0n) is 9.25. The highest BCUT2D eigenvalue weighted by Gasteiger charge is 2.11. The van der Waals surface area contributed by atoms with Crippen molar-refractivity contribution in [1.29, 1.82) is 0 Å². The summed E-state index contributed by atoms with van der Waals surface area (Å²) < 4.78 is 5.16. The molecule has 1 heterocycles. The van der Waals surface area contributed by atoms with E-state index in [0.717, 1.165) is 5.56 Å². The van der Waals surface area contributed by atoms with E-state index in [1.54, 1.807) is 0 Å². The van der Waals surface area contributed by atoms with Gasteiger partial charge in [-0.3, -0.25) is 4.98 Å². The van der Waals surface area contributed by atoms with Crippen molar-refractivity contribution >= 4 is 5.97 Å². The van der Waals surface area contributed by atoms with Gasteiger partial charge >= 0.3 is 5.97 Å². The second-order valence-electron chi connectivity index (χ2n) is 3.45. The van der Waals surface area contributed by atoms with Gasteiger partial charge in [0.1, 0.15) is 11.4 Å². The lowest BCUT2D eigenvalue weighted by Crippen LogP contribution is -2.00. The molecule has 0 radical (unpaired) electrons. The number of carboxylic acids is 1. The predicted molar refractivity (Wildman–Crippen MR) is 63.2 cm³/mol. The molecule has 1 aromatic heterocycles. The lowest BCUT2D eigenvalue weighted by molar-refractivity contribution is 0.0696. The number of methoxy groups -OCH3 is 1. The van der Waals surface area contributed by atoms with E-state index in [4.69, 9.17) is 9.84 Å². The predicted octanol–water partition coefficient (Wildman–Crippen LogP) is 2.46. The second kappa shape index (κ2) is 4.65. The van der Waals surface area contributed by atoms with E-state index >= 15 is 0 Å². The Labute approximate surface area is 98.5 Å². The molecule has 1 N–H and O–H groups in total. The minimum atomic E-state index is -1.02. The van der Waals surface area contributed by atoms with Crippen LogP contribution in [0.15, 0.2) is 42.6 Å². The molecule has 0 amide bonds. The number of benzene rings is 1. The summed E-state index contributed by atoms with van der Waals surface area (Å²) in [6.45, 7) is 0. The summed E-state index contributed by atoms with van der Waals surface area (Å²) in [5.41, 5.74) is 1.64. The summed E-state index contributed by atoms with van der Waals surface area (Å²) in [7, 11) is 1.50. The van der Waals surface area contributed by atoms with Crippen molar-refractivity contribution in [2.75, 3.05) is 7.11 Å². The molecule has 0 bridgehead atoms.